The number of benzene rings is 2. The van der Waals surface area contributed by atoms with Gasteiger partial charge in [-0.15, -0.1) is 12.4 Å². The van der Waals surface area contributed by atoms with Gasteiger partial charge < -0.3 is 22.3 Å². The van der Waals surface area contributed by atoms with Crippen molar-refractivity contribution in [2.45, 2.75) is 0 Å². The topological polar surface area (TPSA) is 123 Å². The molecule has 0 amide bonds. The van der Waals surface area contributed by atoms with E-state index in [1.54, 1.807) is 24.3 Å². The van der Waals surface area contributed by atoms with Crippen LogP contribution in [0.25, 0.3) is 10.8 Å². The molecule has 2 aromatic rings. The van der Waals surface area contributed by atoms with Crippen molar-refractivity contribution in [3.8, 4) is 5.75 Å². The Balaban J connectivity index is 0.00000180. The molecule has 0 atom stereocenters. The van der Waals surface area contributed by atoms with Crippen molar-refractivity contribution in [1.29, 1.82) is 0 Å². The van der Waals surface area contributed by atoms with Crippen LogP contribution in [0.2, 0.25) is 0 Å². The van der Waals surface area contributed by atoms with E-state index >= 15 is 0 Å². The van der Waals surface area contributed by atoms with E-state index < -0.39 is 0 Å². The van der Waals surface area contributed by atoms with Crippen LogP contribution in [0.1, 0.15) is 0 Å². The first-order valence-electron chi connectivity index (χ1n) is 5.22. The lowest BCUT2D eigenvalue weighted by Gasteiger charge is -2.03. The first-order valence-corrected chi connectivity index (χ1v) is 5.22. The lowest BCUT2D eigenvalue weighted by Crippen LogP contribution is -2.26. The molecule has 100 valence electrons. The van der Waals surface area contributed by atoms with Gasteiger partial charge in [0.25, 0.3) is 0 Å². The van der Waals surface area contributed by atoms with Crippen LogP contribution in [-0.4, -0.2) is 17.0 Å². The Hall–Kier alpha value is -2.47. The van der Waals surface area contributed by atoms with Crippen LogP contribution in [0.5, 0.6) is 5.75 Å². The lowest BCUT2D eigenvalue weighted by molar-refractivity contribution is 0.476. The van der Waals surface area contributed by atoms with Crippen molar-refractivity contribution in [3.05, 3.63) is 36.4 Å². The Bertz CT molecular complexity index is 650. The maximum absolute atomic E-state index is 9.49. The molecule has 19 heavy (non-hydrogen) atoms. The van der Waals surface area contributed by atoms with Crippen LogP contribution in [0, 0.1) is 0 Å². The Kier molecular flexibility index (Phi) is 4.55. The molecule has 7 heteroatoms. The molecule has 2 aromatic carbocycles. The summed E-state index contributed by atoms with van der Waals surface area (Å²) in [4.78, 5) is 7.74. The van der Waals surface area contributed by atoms with E-state index in [0.717, 1.165) is 10.8 Å². The number of halogens is 1. The predicted octanol–water partition coefficient (Wildman–Crippen LogP) is 1.19. The third kappa shape index (κ3) is 3.49. The molecule has 0 aliphatic rings. The molecule has 7 N–H and O–H groups in total. The first-order chi connectivity index (χ1) is 8.56. The van der Waals surface area contributed by atoms with Crippen LogP contribution in [0.15, 0.2) is 46.4 Å². The van der Waals surface area contributed by atoms with Crippen molar-refractivity contribution >= 4 is 40.8 Å². The molecule has 0 aliphatic carbocycles. The maximum atomic E-state index is 9.49. The molecule has 6 nitrogen and oxygen atoms in total. The highest BCUT2D eigenvalue weighted by atomic mass is 35.5. The van der Waals surface area contributed by atoms with Crippen molar-refractivity contribution in [2.75, 3.05) is 0 Å². The van der Waals surface area contributed by atoms with Crippen molar-refractivity contribution in [3.63, 3.8) is 0 Å². The number of nitrogens with two attached hydrogens (primary N) is 3. The Morgan fingerprint density at radius 3 is 2.47 bits per heavy atom. The molecular weight excluding hydrogens is 266 g/mol. The predicted molar refractivity (Wildman–Crippen MR) is 80.0 cm³/mol. The highest BCUT2D eigenvalue weighted by Gasteiger charge is 2.01. The minimum atomic E-state index is -0.153. The number of guanidine groups is 2. The summed E-state index contributed by atoms with van der Waals surface area (Å²) >= 11 is 0. The zero-order valence-electron chi connectivity index (χ0n) is 9.95. The summed E-state index contributed by atoms with van der Waals surface area (Å²) in [6.45, 7) is 0. The van der Waals surface area contributed by atoms with E-state index in [-0.39, 0.29) is 30.1 Å². The number of aromatic hydroxyl groups is 1. The van der Waals surface area contributed by atoms with Crippen LogP contribution >= 0.6 is 12.4 Å². The van der Waals surface area contributed by atoms with Gasteiger partial charge in [-0.1, -0.05) is 18.2 Å². The highest BCUT2D eigenvalue weighted by Crippen LogP contribution is 2.28. The first kappa shape index (κ1) is 14.6. The summed E-state index contributed by atoms with van der Waals surface area (Å²) in [5.74, 6) is -0.0317. The van der Waals surface area contributed by atoms with E-state index in [9.17, 15) is 5.11 Å². The van der Waals surface area contributed by atoms with Crippen LogP contribution in [0.3, 0.4) is 0 Å². The summed E-state index contributed by atoms with van der Waals surface area (Å²) < 4.78 is 0. The van der Waals surface area contributed by atoms with Gasteiger partial charge in [-0.2, -0.15) is 4.99 Å². The van der Waals surface area contributed by atoms with Gasteiger partial charge in [0, 0.05) is 5.39 Å². The molecule has 0 radical (unpaired) electrons. The molecule has 0 heterocycles. The fourth-order valence-electron chi connectivity index (χ4n) is 1.62. The van der Waals surface area contributed by atoms with Crippen LogP contribution < -0.4 is 17.2 Å². The SMILES string of the molecule is Cl.NC(N)=NC(N)=Nc1cccc2ccc(O)cc12. The molecule has 2 rings (SSSR count). The zero-order valence-corrected chi connectivity index (χ0v) is 10.8. The molecule has 0 unspecified atom stereocenters. The fourth-order valence-corrected chi connectivity index (χ4v) is 1.62. The number of phenols is 1. The second-order valence-electron chi connectivity index (χ2n) is 3.69. The molecule has 0 aromatic heterocycles. The maximum Gasteiger partial charge on any atom is 0.223 e. The molecule has 0 fully saturated rings. The van der Waals surface area contributed by atoms with Crippen molar-refractivity contribution < 1.29 is 5.11 Å². The Morgan fingerprint density at radius 1 is 1.05 bits per heavy atom. The van der Waals surface area contributed by atoms with E-state index in [1.165, 1.54) is 0 Å². The van der Waals surface area contributed by atoms with Gasteiger partial charge in [0.1, 0.15) is 5.75 Å². The smallest absolute Gasteiger partial charge is 0.223 e. The number of hydrogen-bond donors (Lipinski definition) is 4. The van der Waals surface area contributed by atoms with Gasteiger partial charge in [-0.25, -0.2) is 4.99 Å². The minimum Gasteiger partial charge on any atom is -0.508 e. The Morgan fingerprint density at radius 2 is 1.79 bits per heavy atom. The highest BCUT2D eigenvalue weighted by molar-refractivity contribution is 5.98. The van der Waals surface area contributed by atoms with Crippen LogP contribution in [0.4, 0.5) is 5.69 Å². The van der Waals surface area contributed by atoms with Gasteiger partial charge in [0.15, 0.2) is 5.96 Å². The largest absolute Gasteiger partial charge is 0.508 e. The fraction of sp³-hybridized carbons (Fsp3) is 0. The molecule has 0 bridgehead atoms. The zero-order chi connectivity index (χ0) is 13.1. The molecule has 0 aliphatic heterocycles. The van der Waals surface area contributed by atoms with Gasteiger partial charge >= 0.3 is 0 Å². The number of nitrogens with zero attached hydrogens (tertiary/aromatic N) is 2. The van der Waals surface area contributed by atoms with E-state index in [0.29, 0.717) is 5.69 Å². The third-order valence-corrected chi connectivity index (χ3v) is 2.32. The minimum absolute atomic E-state index is 0. The molecule has 0 saturated carbocycles. The number of fused-ring (bicyclic) bond motifs is 1. The summed E-state index contributed by atoms with van der Waals surface area (Å²) in [6.07, 6.45) is 0. The average molecular weight is 280 g/mol. The monoisotopic (exact) mass is 279 g/mol. The summed E-state index contributed by atoms with van der Waals surface area (Å²) in [5, 5.41) is 11.2. The van der Waals surface area contributed by atoms with Crippen molar-refractivity contribution in [2.24, 2.45) is 27.2 Å². The summed E-state index contributed by atoms with van der Waals surface area (Å²) in [7, 11) is 0. The van der Waals surface area contributed by atoms with Crippen LogP contribution in [-0.2, 0) is 0 Å². The standard InChI is InChI=1S/C12H13N5O.ClH/c13-11(14)17-12(15)16-10-3-1-2-7-4-5-8(18)6-9(7)10;/h1-6,18H,(H6,13,14,15,16,17);1H. The number of aliphatic imine (C=N–C) groups is 2. The average Bonchev–Trinajstić information content (AvgIpc) is 2.28. The molecule has 0 saturated heterocycles. The van der Waals surface area contributed by atoms with E-state index in [4.69, 9.17) is 17.2 Å². The Labute approximate surface area is 116 Å². The van der Waals surface area contributed by atoms with Gasteiger partial charge in [-0.05, 0) is 23.6 Å². The number of phenolic OH excluding ortho intramolecular Hbond substituents is 1. The third-order valence-electron chi connectivity index (χ3n) is 2.32. The molecular formula is C12H14ClN5O. The van der Waals surface area contributed by atoms with Gasteiger partial charge in [0.2, 0.25) is 5.96 Å². The number of hydrogen-bond acceptors (Lipinski definition) is 2. The second-order valence-corrected chi connectivity index (χ2v) is 3.69. The van der Waals surface area contributed by atoms with Gasteiger partial charge in [-0.3, -0.25) is 0 Å². The van der Waals surface area contributed by atoms with E-state index in [1.807, 2.05) is 12.1 Å². The number of rotatable bonds is 1. The molecule has 0 spiro atoms. The van der Waals surface area contributed by atoms with Crippen molar-refractivity contribution in [1.82, 2.24) is 0 Å². The van der Waals surface area contributed by atoms with Gasteiger partial charge in [0.05, 0.1) is 5.69 Å². The second kappa shape index (κ2) is 5.92. The summed E-state index contributed by atoms with van der Waals surface area (Å²) in [5.41, 5.74) is 16.6. The quantitative estimate of drug-likeness (QED) is 0.462. The van der Waals surface area contributed by atoms with E-state index in [2.05, 4.69) is 9.98 Å². The summed E-state index contributed by atoms with van der Waals surface area (Å²) in [6, 6.07) is 10.5. The normalized spacial score (nSPS) is 10.8. The lowest BCUT2D eigenvalue weighted by atomic mass is 10.1.